The first-order valence-electron chi connectivity index (χ1n) is 16.9. The molecule has 3 aliphatic rings. The molecule has 39 heavy (non-hydrogen) atoms. The van der Waals surface area contributed by atoms with Crippen LogP contribution in [0.4, 0.5) is 8.78 Å². The van der Waals surface area contributed by atoms with Crippen molar-refractivity contribution < 1.29 is 8.78 Å². The lowest BCUT2D eigenvalue weighted by Gasteiger charge is -2.38. The zero-order valence-corrected chi connectivity index (χ0v) is 25.2. The Morgan fingerprint density at radius 3 is 2.03 bits per heavy atom. The smallest absolute Gasteiger partial charge is 0.166 e. The van der Waals surface area contributed by atoms with E-state index in [1.54, 1.807) is 0 Å². The van der Waals surface area contributed by atoms with Crippen molar-refractivity contribution in [3.05, 3.63) is 53.1 Å². The molecular formula is C37H56F2. The summed E-state index contributed by atoms with van der Waals surface area (Å²) in [7, 11) is 0. The average molecular weight is 539 g/mol. The summed E-state index contributed by atoms with van der Waals surface area (Å²) in [4.78, 5) is 0. The quantitative estimate of drug-likeness (QED) is 0.173. The maximum Gasteiger partial charge on any atom is 0.166 e. The summed E-state index contributed by atoms with van der Waals surface area (Å²) in [5.41, 5.74) is 2.08. The Morgan fingerprint density at radius 2 is 1.41 bits per heavy atom. The number of halogens is 2. The average Bonchev–Trinajstić information content (AvgIpc) is 2.97. The van der Waals surface area contributed by atoms with Gasteiger partial charge in [0.25, 0.3) is 0 Å². The van der Waals surface area contributed by atoms with Gasteiger partial charge in [-0.2, -0.15) is 0 Å². The normalized spacial score (nSPS) is 28.1. The highest BCUT2D eigenvalue weighted by Crippen LogP contribution is 2.44. The molecule has 0 heterocycles. The second kappa shape index (κ2) is 16.1. The summed E-state index contributed by atoms with van der Waals surface area (Å²) in [6.07, 6.45) is 31.9. The first-order valence-corrected chi connectivity index (χ1v) is 16.9. The van der Waals surface area contributed by atoms with Crippen molar-refractivity contribution in [1.82, 2.24) is 0 Å². The molecule has 2 heteroatoms. The van der Waals surface area contributed by atoms with Gasteiger partial charge in [0.2, 0.25) is 0 Å². The van der Waals surface area contributed by atoms with Crippen LogP contribution in [-0.4, -0.2) is 0 Å². The molecule has 0 bridgehead atoms. The molecule has 1 aromatic rings. The fourth-order valence-corrected chi connectivity index (χ4v) is 8.03. The van der Waals surface area contributed by atoms with Gasteiger partial charge in [-0.3, -0.25) is 0 Å². The van der Waals surface area contributed by atoms with Crippen LogP contribution in [0.15, 0.2) is 30.4 Å². The highest BCUT2D eigenvalue weighted by molar-refractivity contribution is 5.67. The number of rotatable bonds is 13. The van der Waals surface area contributed by atoms with Crippen LogP contribution in [0.25, 0.3) is 5.57 Å². The van der Waals surface area contributed by atoms with Gasteiger partial charge in [0, 0.05) is 5.56 Å². The molecule has 0 saturated heterocycles. The highest BCUT2D eigenvalue weighted by Gasteiger charge is 2.31. The van der Waals surface area contributed by atoms with Gasteiger partial charge in [0.15, 0.2) is 11.6 Å². The zero-order chi connectivity index (χ0) is 27.5. The third kappa shape index (κ3) is 9.02. The maximum atomic E-state index is 14.9. The lowest BCUT2D eigenvalue weighted by molar-refractivity contribution is 0.139. The second-order valence-corrected chi connectivity index (χ2v) is 13.4. The summed E-state index contributed by atoms with van der Waals surface area (Å²) >= 11 is 0. The van der Waals surface area contributed by atoms with Crippen molar-refractivity contribution in [1.29, 1.82) is 0 Å². The number of hydrogen-bond donors (Lipinski definition) is 0. The number of aryl methyl sites for hydroxylation is 1. The van der Waals surface area contributed by atoms with Gasteiger partial charge in [-0.15, -0.1) is 0 Å². The Balaban J connectivity index is 1.15. The summed E-state index contributed by atoms with van der Waals surface area (Å²) in [6, 6.07) is 3.67. The topological polar surface area (TPSA) is 0 Å². The highest BCUT2D eigenvalue weighted by atomic mass is 19.2. The van der Waals surface area contributed by atoms with Crippen LogP contribution in [0.3, 0.4) is 0 Å². The molecule has 218 valence electrons. The fourth-order valence-electron chi connectivity index (χ4n) is 8.03. The molecule has 1 unspecified atom stereocenters. The first-order chi connectivity index (χ1) is 19.1. The van der Waals surface area contributed by atoms with Gasteiger partial charge in [0.05, 0.1) is 0 Å². The molecule has 2 fully saturated rings. The van der Waals surface area contributed by atoms with E-state index in [0.29, 0.717) is 17.5 Å². The van der Waals surface area contributed by atoms with E-state index in [4.69, 9.17) is 0 Å². The third-order valence-electron chi connectivity index (χ3n) is 10.7. The van der Waals surface area contributed by atoms with E-state index < -0.39 is 11.6 Å². The van der Waals surface area contributed by atoms with Crippen molar-refractivity contribution in [3.63, 3.8) is 0 Å². The minimum atomic E-state index is -0.619. The molecule has 4 rings (SSSR count). The van der Waals surface area contributed by atoms with E-state index in [0.717, 1.165) is 80.1 Å². The maximum absolute atomic E-state index is 14.9. The third-order valence-corrected chi connectivity index (χ3v) is 10.7. The van der Waals surface area contributed by atoms with Crippen molar-refractivity contribution >= 4 is 5.57 Å². The lowest BCUT2D eigenvalue weighted by atomic mass is 9.68. The Hall–Kier alpha value is -1.44. The van der Waals surface area contributed by atoms with Gasteiger partial charge in [-0.1, -0.05) is 88.7 Å². The predicted octanol–water partition coefficient (Wildman–Crippen LogP) is 12.0. The Kier molecular flexibility index (Phi) is 12.6. The zero-order valence-electron chi connectivity index (χ0n) is 25.2. The van der Waals surface area contributed by atoms with E-state index in [1.807, 2.05) is 12.1 Å². The van der Waals surface area contributed by atoms with Crippen molar-refractivity contribution in [3.8, 4) is 0 Å². The number of allylic oxidation sites excluding steroid dienone is 4. The number of benzene rings is 1. The van der Waals surface area contributed by atoms with Gasteiger partial charge >= 0.3 is 0 Å². The van der Waals surface area contributed by atoms with Crippen LogP contribution in [0.2, 0.25) is 0 Å². The molecule has 0 N–H and O–H groups in total. The molecule has 1 atom stereocenters. The first kappa shape index (κ1) is 30.5. The summed E-state index contributed by atoms with van der Waals surface area (Å²) < 4.78 is 29.7. The van der Waals surface area contributed by atoms with Crippen LogP contribution in [-0.2, 0) is 6.42 Å². The predicted molar refractivity (Wildman–Crippen MR) is 164 cm³/mol. The Labute approximate surface area is 239 Å². The molecule has 0 spiro atoms. The second-order valence-electron chi connectivity index (χ2n) is 13.4. The Morgan fingerprint density at radius 1 is 0.744 bits per heavy atom. The summed E-state index contributed by atoms with van der Waals surface area (Å²) in [5, 5.41) is 0. The van der Waals surface area contributed by atoms with Crippen LogP contribution in [0.1, 0.15) is 147 Å². The van der Waals surface area contributed by atoms with Crippen LogP contribution in [0.5, 0.6) is 0 Å². The Bertz CT molecular complexity index is 912. The van der Waals surface area contributed by atoms with E-state index in [-0.39, 0.29) is 0 Å². The van der Waals surface area contributed by atoms with Gasteiger partial charge < -0.3 is 0 Å². The van der Waals surface area contributed by atoms with E-state index in [1.165, 1.54) is 77.0 Å². The minimum Gasteiger partial charge on any atom is -0.203 e. The molecule has 2 saturated carbocycles. The van der Waals surface area contributed by atoms with Gasteiger partial charge in [0.1, 0.15) is 0 Å². The SMILES string of the molecule is C/C=C/CCC1CCC(C2CCC(CCC3CC=C(c4ccc(CCCCCC)c(F)c4F)CC3)CC2)CC1. The number of unbranched alkanes of at least 4 members (excludes halogenated alkanes) is 3. The summed E-state index contributed by atoms with van der Waals surface area (Å²) in [6.45, 7) is 4.30. The lowest BCUT2D eigenvalue weighted by Crippen LogP contribution is -2.26. The number of hydrogen-bond acceptors (Lipinski definition) is 0. The molecule has 0 aromatic heterocycles. The van der Waals surface area contributed by atoms with Gasteiger partial charge in [-0.05, 0) is 125 Å². The monoisotopic (exact) mass is 538 g/mol. The standard InChI is InChI=1S/C37H56F2/c1-3-5-7-9-11-34-26-27-35(37(39)36(34)38)33-24-18-30(19-25-33)13-12-29-16-22-32(23-17-29)31-20-14-28(15-21-31)10-8-6-4-2/h4,6,24,26-32H,3,5,7-23,25H2,1-2H3/b6-4+. The van der Waals surface area contributed by atoms with E-state index >= 15 is 0 Å². The van der Waals surface area contributed by atoms with E-state index in [2.05, 4.69) is 32.1 Å². The molecule has 0 amide bonds. The van der Waals surface area contributed by atoms with Crippen molar-refractivity contribution in [2.45, 2.75) is 142 Å². The van der Waals surface area contributed by atoms with Crippen LogP contribution in [0, 0.1) is 41.2 Å². The van der Waals surface area contributed by atoms with Crippen LogP contribution < -0.4 is 0 Å². The molecule has 0 nitrogen and oxygen atoms in total. The molecule has 3 aliphatic carbocycles. The van der Waals surface area contributed by atoms with Gasteiger partial charge in [-0.25, -0.2) is 8.78 Å². The van der Waals surface area contributed by atoms with E-state index in [9.17, 15) is 8.78 Å². The summed E-state index contributed by atoms with van der Waals surface area (Å²) in [5.74, 6) is 3.39. The van der Waals surface area contributed by atoms with Crippen LogP contribution >= 0.6 is 0 Å². The molecule has 0 aliphatic heterocycles. The van der Waals surface area contributed by atoms with Crippen molar-refractivity contribution in [2.75, 3.05) is 0 Å². The molecular weight excluding hydrogens is 482 g/mol. The largest absolute Gasteiger partial charge is 0.203 e. The minimum absolute atomic E-state index is 0.508. The van der Waals surface area contributed by atoms with Crippen molar-refractivity contribution in [2.24, 2.45) is 29.6 Å². The fraction of sp³-hybridized carbons (Fsp3) is 0.730. The molecule has 0 radical (unpaired) electrons. The molecule has 1 aromatic carbocycles.